The number of aliphatic carboxylic acids is 1. The first-order valence-electron chi connectivity index (χ1n) is 6.19. The van der Waals surface area contributed by atoms with Gasteiger partial charge >= 0.3 is 12.0 Å². The van der Waals surface area contributed by atoms with Gasteiger partial charge in [0.05, 0.1) is 11.5 Å². The van der Waals surface area contributed by atoms with Gasteiger partial charge in [-0.05, 0) is 19.3 Å². The van der Waals surface area contributed by atoms with Crippen LogP contribution in [0.3, 0.4) is 0 Å². The lowest BCUT2D eigenvalue weighted by Crippen LogP contribution is -2.47. The van der Waals surface area contributed by atoms with Gasteiger partial charge in [-0.2, -0.15) is 0 Å². The van der Waals surface area contributed by atoms with E-state index in [1.165, 1.54) is 0 Å². The Hall–Kier alpha value is -1.70. The average molecular weight is 254 g/mol. The second-order valence-corrected chi connectivity index (χ2v) is 4.25. The molecule has 5 heteroatoms. The van der Waals surface area contributed by atoms with Crippen LogP contribution in [0.25, 0.3) is 0 Å². The predicted molar refractivity (Wildman–Crippen MR) is 70.1 cm³/mol. The smallest absolute Gasteiger partial charge is 0.315 e. The normalized spacial score (nSPS) is 12.3. The molecule has 0 aliphatic rings. The van der Waals surface area contributed by atoms with Crippen LogP contribution in [0.4, 0.5) is 4.79 Å². The lowest BCUT2D eigenvalue weighted by molar-refractivity contribution is -0.149. The van der Waals surface area contributed by atoms with Gasteiger partial charge < -0.3 is 15.7 Å². The van der Waals surface area contributed by atoms with E-state index in [2.05, 4.69) is 16.6 Å². The van der Waals surface area contributed by atoms with Gasteiger partial charge in [0, 0.05) is 6.54 Å². The minimum absolute atomic E-state index is 0.0994. The van der Waals surface area contributed by atoms with Gasteiger partial charge in [0.2, 0.25) is 0 Å². The molecular weight excluding hydrogens is 232 g/mol. The van der Waals surface area contributed by atoms with E-state index in [1.807, 2.05) is 6.92 Å². The molecule has 0 spiro atoms. The summed E-state index contributed by atoms with van der Waals surface area (Å²) in [4.78, 5) is 22.8. The lowest BCUT2D eigenvalue weighted by atomic mass is 9.82. The first kappa shape index (κ1) is 16.3. The molecule has 18 heavy (non-hydrogen) atoms. The zero-order valence-electron chi connectivity index (χ0n) is 11.2. The van der Waals surface area contributed by atoms with E-state index in [4.69, 9.17) is 6.42 Å². The molecule has 1 atom stereocenters. The maximum Gasteiger partial charge on any atom is 0.315 e. The first-order valence-corrected chi connectivity index (χ1v) is 6.19. The molecule has 0 saturated heterocycles. The topological polar surface area (TPSA) is 78.4 Å². The Morgan fingerprint density at radius 2 is 1.89 bits per heavy atom. The Balaban J connectivity index is 4.42. The summed E-state index contributed by atoms with van der Waals surface area (Å²) >= 11 is 0. The third kappa shape index (κ3) is 4.28. The molecular formula is C13H22N2O3. The maximum absolute atomic E-state index is 11.6. The van der Waals surface area contributed by atoms with E-state index in [0.29, 0.717) is 19.3 Å². The van der Waals surface area contributed by atoms with E-state index < -0.39 is 17.4 Å². The molecule has 5 nitrogen and oxygen atoms in total. The largest absolute Gasteiger partial charge is 0.481 e. The van der Waals surface area contributed by atoms with Gasteiger partial charge in [-0.1, -0.05) is 26.7 Å². The zero-order valence-corrected chi connectivity index (χ0v) is 11.2. The molecule has 0 bridgehead atoms. The molecule has 3 N–H and O–H groups in total. The van der Waals surface area contributed by atoms with Crippen molar-refractivity contribution in [3.63, 3.8) is 0 Å². The van der Waals surface area contributed by atoms with Crippen molar-refractivity contribution in [2.45, 2.75) is 46.1 Å². The average Bonchev–Trinajstić information content (AvgIpc) is 2.37. The number of carboxylic acids is 1. The lowest BCUT2D eigenvalue weighted by Gasteiger charge is -2.27. The Bertz CT molecular complexity index is 330. The molecule has 0 aromatic heterocycles. The summed E-state index contributed by atoms with van der Waals surface area (Å²) in [5.74, 6) is 1.55. The van der Waals surface area contributed by atoms with Crippen LogP contribution < -0.4 is 10.6 Å². The van der Waals surface area contributed by atoms with Crippen molar-refractivity contribution >= 4 is 12.0 Å². The summed E-state index contributed by atoms with van der Waals surface area (Å²) in [6.45, 7) is 5.56. The molecule has 0 fully saturated rings. The fraction of sp³-hybridized carbons (Fsp3) is 0.692. The zero-order chi connectivity index (χ0) is 14.2. The minimum atomic E-state index is -0.908. The summed E-state index contributed by atoms with van der Waals surface area (Å²) in [6, 6.07) is -0.750. The second-order valence-electron chi connectivity index (χ2n) is 4.25. The van der Waals surface area contributed by atoms with Gasteiger partial charge in [-0.25, -0.2) is 4.79 Å². The van der Waals surface area contributed by atoms with Gasteiger partial charge in [-0.15, -0.1) is 6.42 Å². The van der Waals surface area contributed by atoms with Crippen molar-refractivity contribution in [2.24, 2.45) is 5.41 Å². The Labute approximate surface area is 108 Å². The third-order valence-electron chi connectivity index (χ3n) is 3.31. The molecule has 0 radical (unpaired) electrons. The number of carboxylic acid groups (broad SMARTS) is 1. The van der Waals surface area contributed by atoms with Crippen molar-refractivity contribution < 1.29 is 14.7 Å². The number of rotatable bonds is 7. The summed E-state index contributed by atoms with van der Waals surface area (Å²) in [6.07, 6.45) is 6.79. The van der Waals surface area contributed by atoms with Gasteiger partial charge in [-0.3, -0.25) is 4.79 Å². The fourth-order valence-corrected chi connectivity index (χ4v) is 1.60. The van der Waals surface area contributed by atoms with Crippen LogP contribution in [0.1, 0.15) is 40.0 Å². The Morgan fingerprint density at radius 1 is 1.33 bits per heavy atom. The second kappa shape index (κ2) is 7.59. The van der Waals surface area contributed by atoms with Crippen molar-refractivity contribution in [3.8, 4) is 12.3 Å². The molecule has 1 unspecified atom stereocenters. The first-order chi connectivity index (χ1) is 8.45. The highest BCUT2D eigenvalue weighted by Gasteiger charge is 2.35. The third-order valence-corrected chi connectivity index (χ3v) is 3.31. The predicted octanol–water partition coefficient (Wildman–Crippen LogP) is 1.59. The van der Waals surface area contributed by atoms with Crippen molar-refractivity contribution in [3.05, 3.63) is 0 Å². The molecule has 0 aliphatic heterocycles. The number of carbonyl (C=O) groups excluding carboxylic acids is 1. The molecule has 0 aromatic rings. The Morgan fingerprint density at radius 3 is 2.22 bits per heavy atom. The number of hydrogen-bond acceptors (Lipinski definition) is 2. The van der Waals surface area contributed by atoms with Crippen LogP contribution in [0.5, 0.6) is 0 Å². The molecule has 0 rings (SSSR count). The van der Waals surface area contributed by atoms with Crippen LogP contribution in [0, 0.1) is 17.8 Å². The van der Waals surface area contributed by atoms with E-state index in [1.54, 1.807) is 13.8 Å². The quantitative estimate of drug-likeness (QED) is 0.604. The van der Waals surface area contributed by atoms with Crippen LogP contribution in [0.15, 0.2) is 0 Å². The number of carbonyl (C=O) groups is 2. The SMILES string of the molecule is C#CC(CC)NC(=O)NCC(CC)(CC)C(=O)O. The highest BCUT2D eigenvalue weighted by Crippen LogP contribution is 2.25. The molecule has 0 heterocycles. The summed E-state index contributed by atoms with van der Waals surface area (Å²) in [5.41, 5.74) is -0.908. The number of terminal acetylenes is 1. The van der Waals surface area contributed by atoms with E-state index >= 15 is 0 Å². The van der Waals surface area contributed by atoms with Crippen LogP contribution in [0.2, 0.25) is 0 Å². The van der Waals surface area contributed by atoms with Crippen LogP contribution in [-0.4, -0.2) is 29.7 Å². The van der Waals surface area contributed by atoms with E-state index in [-0.39, 0.29) is 12.6 Å². The molecule has 0 aromatic carbocycles. The molecule has 2 amide bonds. The van der Waals surface area contributed by atoms with Crippen molar-refractivity contribution in [2.75, 3.05) is 6.54 Å². The van der Waals surface area contributed by atoms with E-state index in [0.717, 1.165) is 0 Å². The maximum atomic E-state index is 11.6. The van der Waals surface area contributed by atoms with Gasteiger partial charge in [0.15, 0.2) is 0 Å². The van der Waals surface area contributed by atoms with Gasteiger partial charge in [0.1, 0.15) is 0 Å². The van der Waals surface area contributed by atoms with Crippen molar-refractivity contribution in [1.82, 2.24) is 10.6 Å². The summed E-state index contributed by atoms with van der Waals surface area (Å²) in [7, 11) is 0. The molecule has 0 saturated carbocycles. The standard InChI is InChI=1S/C13H22N2O3/c1-5-10(6-2)15-12(18)14-9-13(7-3,8-4)11(16)17/h1,10H,6-9H2,2-4H3,(H,16,17)(H2,14,15,18). The number of hydrogen-bond donors (Lipinski definition) is 3. The summed E-state index contributed by atoms with van der Waals surface area (Å²) in [5, 5.41) is 14.4. The monoisotopic (exact) mass is 254 g/mol. The highest BCUT2D eigenvalue weighted by molar-refractivity contribution is 5.78. The number of nitrogens with one attached hydrogen (secondary N) is 2. The van der Waals surface area contributed by atoms with Gasteiger partial charge in [0.25, 0.3) is 0 Å². The highest BCUT2D eigenvalue weighted by atomic mass is 16.4. The molecule has 0 aliphatic carbocycles. The Kier molecular flexibility index (Phi) is 6.88. The fourth-order valence-electron chi connectivity index (χ4n) is 1.60. The van der Waals surface area contributed by atoms with Crippen molar-refractivity contribution in [1.29, 1.82) is 0 Å². The summed E-state index contributed by atoms with van der Waals surface area (Å²) < 4.78 is 0. The van der Waals surface area contributed by atoms with Crippen LogP contribution in [-0.2, 0) is 4.79 Å². The minimum Gasteiger partial charge on any atom is -0.481 e. The molecule has 102 valence electrons. The van der Waals surface area contributed by atoms with E-state index in [9.17, 15) is 14.7 Å². The number of urea groups is 1. The van der Waals surface area contributed by atoms with Crippen LogP contribution >= 0.6 is 0 Å². The number of amides is 2.